The first-order valence-corrected chi connectivity index (χ1v) is 6.91. The number of hydrogen-bond donors (Lipinski definition) is 1. The van der Waals surface area contributed by atoms with Crippen molar-refractivity contribution in [2.24, 2.45) is 5.73 Å². The van der Waals surface area contributed by atoms with Gasteiger partial charge < -0.3 is 10.5 Å². The highest BCUT2D eigenvalue weighted by molar-refractivity contribution is 4.76. The van der Waals surface area contributed by atoms with Crippen LogP contribution in [0.5, 0.6) is 0 Å². The molecule has 0 aliphatic heterocycles. The fourth-order valence-corrected chi connectivity index (χ4v) is 2.19. The van der Waals surface area contributed by atoms with Crippen molar-refractivity contribution < 1.29 is 4.74 Å². The summed E-state index contributed by atoms with van der Waals surface area (Å²) in [5.41, 5.74) is 6.07. The third-order valence-electron chi connectivity index (χ3n) is 2.97. The van der Waals surface area contributed by atoms with Crippen LogP contribution in [0, 0.1) is 0 Å². The Morgan fingerprint density at radius 2 is 1.69 bits per heavy atom. The fourth-order valence-electron chi connectivity index (χ4n) is 2.19. The SMILES string of the molecule is CCCCCCCC(N)CC(C)(C)OCC. The highest BCUT2D eigenvalue weighted by atomic mass is 16.5. The van der Waals surface area contributed by atoms with Gasteiger partial charge in [-0.05, 0) is 33.6 Å². The van der Waals surface area contributed by atoms with Crippen LogP contribution in [-0.2, 0) is 4.74 Å². The molecule has 0 heterocycles. The van der Waals surface area contributed by atoms with Gasteiger partial charge in [-0.15, -0.1) is 0 Å². The first kappa shape index (κ1) is 15.9. The number of nitrogens with two attached hydrogens (primary N) is 1. The zero-order valence-corrected chi connectivity index (χ0v) is 11.7. The van der Waals surface area contributed by atoms with Gasteiger partial charge in [-0.2, -0.15) is 0 Å². The third-order valence-corrected chi connectivity index (χ3v) is 2.97. The minimum atomic E-state index is -0.0580. The molecule has 98 valence electrons. The van der Waals surface area contributed by atoms with Crippen LogP contribution in [0.15, 0.2) is 0 Å². The van der Waals surface area contributed by atoms with Crippen LogP contribution < -0.4 is 5.73 Å². The van der Waals surface area contributed by atoms with Gasteiger partial charge in [0, 0.05) is 12.6 Å². The maximum Gasteiger partial charge on any atom is 0.0641 e. The molecule has 16 heavy (non-hydrogen) atoms. The first-order valence-electron chi connectivity index (χ1n) is 6.91. The average molecular weight is 229 g/mol. The van der Waals surface area contributed by atoms with Crippen LogP contribution in [-0.4, -0.2) is 18.2 Å². The van der Waals surface area contributed by atoms with E-state index >= 15 is 0 Å². The van der Waals surface area contributed by atoms with Gasteiger partial charge in [-0.25, -0.2) is 0 Å². The largest absolute Gasteiger partial charge is 0.376 e. The summed E-state index contributed by atoms with van der Waals surface area (Å²) in [7, 11) is 0. The molecule has 2 nitrogen and oxygen atoms in total. The monoisotopic (exact) mass is 229 g/mol. The fraction of sp³-hybridized carbons (Fsp3) is 1.00. The van der Waals surface area contributed by atoms with E-state index in [4.69, 9.17) is 10.5 Å². The van der Waals surface area contributed by atoms with E-state index < -0.39 is 0 Å². The van der Waals surface area contributed by atoms with Gasteiger partial charge in [0.15, 0.2) is 0 Å². The van der Waals surface area contributed by atoms with Crippen molar-refractivity contribution in [2.75, 3.05) is 6.61 Å². The summed E-state index contributed by atoms with van der Waals surface area (Å²) in [6, 6.07) is 0.295. The molecule has 0 aliphatic rings. The molecule has 2 N–H and O–H groups in total. The van der Waals surface area contributed by atoms with E-state index in [0.29, 0.717) is 6.04 Å². The van der Waals surface area contributed by atoms with Crippen molar-refractivity contribution >= 4 is 0 Å². The van der Waals surface area contributed by atoms with Crippen LogP contribution in [0.25, 0.3) is 0 Å². The number of unbranched alkanes of at least 4 members (excludes halogenated alkanes) is 4. The summed E-state index contributed by atoms with van der Waals surface area (Å²) in [4.78, 5) is 0. The molecule has 0 rings (SSSR count). The van der Waals surface area contributed by atoms with Gasteiger partial charge in [-0.1, -0.05) is 39.0 Å². The van der Waals surface area contributed by atoms with Crippen LogP contribution >= 0.6 is 0 Å². The number of ether oxygens (including phenoxy) is 1. The van der Waals surface area contributed by atoms with E-state index in [1.807, 2.05) is 6.92 Å². The van der Waals surface area contributed by atoms with Gasteiger partial charge >= 0.3 is 0 Å². The summed E-state index contributed by atoms with van der Waals surface area (Å²) < 4.78 is 5.66. The zero-order valence-electron chi connectivity index (χ0n) is 11.7. The topological polar surface area (TPSA) is 35.2 Å². The van der Waals surface area contributed by atoms with E-state index in [9.17, 15) is 0 Å². The van der Waals surface area contributed by atoms with Gasteiger partial charge in [0.2, 0.25) is 0 Å². The molecule has 0 aromatic rings. The van der Waals surface area contributed by atoms with Crippen molar-refractivity contribution in [1.29, 1.82) is 0 Å². The average Bonchev–Trinajstić information content (AvgIpc) is 2.16. The Labute approximate surface area is 102 Å². The van der Waals surface area contributed by atoms with Crippen molar-refractivity contribution in [3.05, 3.63) is 0 Å². The van der Waals surface area contributed by atoms with Gasteiger partial charge in [0.1, 0.15) is 0 Å². The molecule has 0 saturated heterocycles. The van der Waals surface area contributed by atoms with E-state index in [2.05, 4.69) is 20.8 Å². The minimum Gasteiger partial charge on any atom is -0.376 e. The lowest BCUT2D eigenvalue weighted by molar-refractivity contribution is -0.0210. The maximum atomic E-state index is 6.12. The molecule has 2 heteroatoms. The van der Waals surface area contributed by atoms with E-state index in [1.165, 1.54) is 32.1 Å². The highest BCUT2D eigenvalue weighted by Gasteiger charge is 2.20. The first-order chi connectivity index (χ1) is 7.52. The summed E-state index contributed by atoms with van der Waals surface area (Å²) in [5, 5.41) is 0. The lowest BCUT2D eigenvalue weighted by atomic mass is 9.95. The Bertz CT molecular complexity index is 157. The lowest BCUT2D eigenvalue weighted by Crippen LogP contribution is -2.34. The Balaban J connectivity index is 3.53. The van der Waals surface area contributed by atoms with Gasteiger partial charge in [-0.3, -0.25) is 0 Å². The second kappa shape index (κ2) is 9.00. The highest BCUT2D eigenvalue weighted by Crippen LogP contribution is 2.18. The molecule has 0 aliphatic carbocycles. The smallest absolute Gasteiger partial charge is 0.0641 e. The zero-order chi connectivity index (χ0) is 12.4. The quantitative estimate of drug-likeness (QED) is 0.577. The Kier molecular flexibility index (Phi) is 8.96. The molecular weight excluding hydrogens is 198 g/mol. The predicted molar refractivity (Wildman–Crippen MR) is 71.7 cm³/mol. The Hall–Kier alpha value is -0.0800. The normalized spacial score (nSPS) is 14.1. The molecule has 0 aromatic carbocycles. The van der Waals surface area contributed by atoms with Crippen LogP contribution in [0.1, 0.15) is 72.6 Å². The lowest BCUT2D eigenvalue weighted by Gasteiger charge is -2.27. The van der Waals surface area contributed by atoms with Crippen LogP contribution in [0.2, 0.25) is 0 Å². The summed E-state index contributed by atoms with van der Waals surface area (Å²) in [6.45, 7) is 9.32. The number of rotatable bonds is 10. The van der Waals surface area contributed by atoms with Crippen LogP contribution in [0.3, 0.4) is 0 Å². The molecule has 0 aromatic heterocycles. The van der Waals surface area contributed by atoms with Crippen molar-refractivity contribution in [3.63, 3.8) is 0 Å². The molecule has 0 amide bonds. The second-order valence-electron chi connectivity index (χ2n) is 5.36. The van der Waals surface area contributed by atoms with E-state index in [1.54, 1.807) is 0 Å². The molecule has 0 radical (unpaired) electrons. The van der Waals surface area contributed by atoms with Gasteiger partial charge in [0.25, 0.3) is 0 Å². The Morgan fingerprint density at radius 1 is 1.06 bits per heavy atom. The van der Waals surface area contributed by atoms with E-state index in [0.717, 1.165) is 19.4 Å². The van der Waals surface area contributed by atoms with E-state index in [-0.39, 0.29) is 5.60 Å². The maximum absolute atomic E-state index is 6.12. The number of hydrogen-bond acceptors (Lipinski definition) is 2. The third kappa shape index (κ3) is 9.17. The summed E-state index contributed by atoms with van der Waals surface area (Å²) in [5.74, 6) is 0. The van der Waals surface area contributed by atoms with Crippen molar-refractivity contribution in [2.45, 2.75) is 84.3 Å². The van der Waals surface area contributed by atoms with Gasteiger partial charge in [0.05, 0.1) is 5.60 Å². The van der Waals surface area contributed by atoms with Crippen LogP contribution in [0.4, 0.5) is 0 Å². The molecule has 0 spiro atoms. The minimum absolute atomic E-state index is 0.0580. The standard InChI is InChI=1S/C14H31NO/c1-5-7-8-9-10-11-13(15)12-14(3,4)16-6-2/h13H,5-12,15H2,1-4H3. The molecular formula is C14H31NO. The molecule has 0 saturated carbocycles. The Morgan fingerprint density at radius 3 is 2.25 bits per heavy atom. The molecule has 0 fully saturated rings. The van der Waals surface area contributed by atoms with Crippen molar-refractivity contribution in [3.8, 4) is 0 Å². The predicted octanol–water partition coefficient (Wildman–Crippen LogP) is 3.88. The molecule has 1 unspecified atom stereocenters. The summed E-state index contributed by atoms with van der Waals surface area (Å²) >= 11 is 0. The molecule has 1 atom stereocenters. The summed E-state index contributed by atoms with van der Waals surface area (Å²) in [6.07, 6.45) is 8.73. The molecule has 0 bridgehead atoms. The van der Waals surface area contributed by atoms with Crippen molar-refractivity contribution in [1.82, 2.24) is 0 Å². The second-order valence-corrected chi connectivity index (χ2v) is 5.36.